The smallest absolute Gasteiger partial charge is 0.312 e. The van der Waals surface area contributed by atoms with Crippen LogP contribution in [-0.2, 0) is 4.79 Å². The maximum absolute atomic E-state index is 11.2. The molecule has 1 unspecified atom stereocenters. The van der Waals surface area contributed by atoms with Crippen molar-refractivity contribution >= 4 is 17.6 Å². The lowest BCUT2D eigenvalue weighted by molar-refractivity contribution is -0.138. The summed E-state index contributed by atoms with van der Waals surface area (Å²) in [4.78, 5) is 11.2. The fourth-order valence-corrected chi connectivity index (χ4v) is 2.15. The van der Waals surface area contributed by atoms with Crippen LogP contribution < -0.4 is 10.5 Å². The molecule has 0 aliphatic heterocycles. The number of nitrogens with two attached hydrogens (primary N) is 1. The molecule has 0 spiro atoms. The molecule has 0 radical (unpaired) electrons. The average Bonchev–Trinajstić information content (AvgIpc) is 2.26. The Labute approximate surface area is 105 Å². The van der Waals surface area contributed by atoms with Gasteiger partial charge in [-0.3, -0.25) is 4.79 Å². The molecule has 1 atom stereocenters. The van der Waals surface area contributed by atoms with Crippen molar-refractivity contribution in [1.29, 1.82) is 0 Å². The van der Waals surface area contributed by atoms with Gasteiger partial charge in [-0.15, -0.1) is 0 Å². The van der Waals surface area contributed by atoms with Crippen molar-refractivity contribution in [3.05, 3.63) is 27.8 Å². The van der Waals surface area contributed by atoms with Gasteiger partial charge in [-0.1, -0.05) is 11.6 Å². The lowest BCUT2D eigenvalue weighted by Crippen LogP contribution is -2.23. The third-order valence-corrected chi connectivity index (χ3v) is 3.19. The van der Waals surface area contributed by atoms with Gasteiger partial charge < -0.3 is 15.6 Å². The van der Waals surface area contributed by atoms with Gasteiger partial charge in [0.15, 0.2) is 0 Å². The minimum atomic E-state index is -0.962. The highest BCUT2D eigenvalue weighted by atomic mass is 35.5. The maximum Gasteiger partial charge on any atom is 0.312 e. The largest absolute Gasteiger partial charge is 0.496 e. The first-order valence-corrected chi connectivity index (χ1v) is 5.58. The first-order chi connectivity index (χ1) is 7.93. The lowest BCUT2D eigenvalue weighted by atomic mass is 9.92. The summed E-state index contributed by atoms with van der Waals surface area (Å²) < 4.78 is 5.27. The molecule has 0 bridgehead atoms. The standard InChI is InChI=1S/C12H16ClNO3/c1-6-4-9(13)7(2)11(17-3)10(6)8(5-14)12(15)16/h4,8H,5,14H2,1-3H3,(H,15,16). The van der Waals surface area contributed by atoms with Gasteiger partial charge in [0, 0.05) is 22.7 Å². The van der Waals surface area contributed by atoms with E-state index in [9.17, 15) is 4.79 Å². The number of benzene rings is 1. The summed E-state index contributed by atoms with van der Waals surface area (Å²) >= 11 is 6.04. The van der Waals surface area contributed by atoms with Crippen molar-refractivity contribution in [3.63, 3.8) is 0 Å². The number of rotatable bonds is 4. The minimum Gasteiger partial charge on any atom is -0.496 e. The molecule has 5 heteroatoms. The number of carboxylic acids is 1. The molecular weight excluding hydrogens is 242 g/mol. The maximum atomic E-state index is 11.2. The first kappa shape index (κ1) is 13.8. The lowest BCUT2D eigenvalue weighted by Gasteiger charge is -2.20. The second-order valence-corrected chi connectivity index (χ2v) is 4.28. The summed E-state index contributed by atoms with van der Waals surface area (Å²) in [5.74, 6) is -1.23. The molecule has 1 aromatic carbocycles. The number of carbonyl (C=O) groups is 1. The number of ether oxygens (including phenoxy) is 1. The van der Waals surface area contributed by atoms with Gasteiger partial charge in [0.25, 0.3) is 0 Å². The van der Waals surface area contributed by atoms with Crippen LogP contribution in [0.1, 0.15) is 22.6 Å². The third-order valence-electron chi connectivity index (χ3n) is 2.80. The van der Waals surface area contributed by atoms with Gasteiger partial charge in [-0.25, -0.2) is 0 Å². The molecule has 0 heterocycles. The van der Waals surface area contributed by atoms with E-state index in [0.29, 0.717) is 16.3 Å². The number of hydrogen-bond acceptors (Lipinski definition) is 3. The Kier molecular flexibility index (Phi) is 4.37. The second kappa shape index (κ2) is 5.38. The normalized spacial score (nSPS) is 12.3. The number of aryl methyl sites for hydroxylation is 1. The molecule has 0 fully saturated rings. The van der Waals surface area contributed by atoms with Crippen LogP contribution in [0.25, 0.3) is 0 Å². The van der Waals surface area contributed by atoms with Crippen LogP contribution in [0, 0.1) is 13.8 Å². The molecular formula is C12H16ClNO3. The van der Waals surface area contributed by atoms with E-state index in [-0.39, 0.29) is 6.54 Å². The van der Waals surface area contributed by atoms with E-state index in [1.165, 1.54) is 7.11 Å². The van der Waals surface area contributed by atoms with Crippen LogP contribution in [0.5, 0.6) is 5.75 Å². The summed E-state index contributed by atoms with van der Waals surface area (Å²) in [7, 11) is 1.50. The minimum absolute atomic E-state index is 0.0214. The fourth-order valence-electron chi connectivity index (χ4n) is 1.90. The Balaban J connectivity index is 3.50. The van der Waals surface area contributed by atoms with E-state index in [1.807, 2.05) is 0 Å². The Bertz CT molecular complexity index is 446. The molecule has 0 aliphatic rings. The molecule has 0 aromatic heterocycles. The summed E-state index contributed by atoms with van der Waals surface area (Å²) in [6, 6.07) is 1.74. The van der Waals surface area contributed by atoms with Crippen LogP contribution in [-0.4, -0.2) is 24.7 Å². The van der Waals surface area contributed by atoms with Gasteiger partial charge in [-0.05, 0) is 25.5 Å². The zero-order valence-corrected chi connectivity index (χ0v) is 10.8. The van der Waals surface area contributed by atoms with Crippen molar-refractivity contribution in [2.24, 2.45) is 5.73 Å². The van der Waals surface area contributed by atoms with E-state index < -0.39 is 11.9 Å². The van der Waals surface area contributed by atoms with E-state index in [0.717, 1.165) is 11.1 Å². The van der Waals surface area contributed by atoms with E-state index in [1.54, 1.807) is 19.9 Å². The highest BCUT2D eigenvalue weighted by Gasteiger charge is 2.26. The van der Waals surface area contributed by atoms with E-state index >= 15 is 0 Å². The van der Waals surface area contributed by atoms with Gasteiger partial charge in [0.2, 0.25) is 0 Å². The number of aliphatic carboxylic acids is 1. The second-order valence-electron chi connectivity index (χ2n) is 3.87. The third kappa shape index (κ3) is 2.53. The highest BCUT2D eigenvalue weighted by molar-refractivity contribution is 6.31. The average molecular weight is 258 g/mol. The summed E-state index contributed by atoms with van der Waals surface area (Å²) in [6.07, 6.45) is 0. The number of carboxylic acid groups (broad SMARTS) is 1. The SMILES string of the molecule is COc1c(C)c(Cl)cc(C)c1C(CN)C(=O)O. The number of hydrogen-bond donors (Lipinski definition) is 2. The van der Waals surface area contributed by atoms with Gasteiger partial charge in [-0.2, -0.15) is 0 Å². The summed E-state index contributed by atoms with van der Waals surface area (Å²) in [5, 5.41) is 9.72. The van der Waals surface area contributed by atoms with Crippen LogP contribution in [0.15, 0.2) is 6.07 Å². The number of methoxy groups -OCH3 is 1. The van der Waals surface area contributed by atoms with Gasteiger partial charge in [0.05, 0.1) is 13.0 Å². The number of halogens is 1. The summed E-state index contributed by atoms with van der Waals surface area (Å²) in [5.41, 5.74) is 7.62. The monoisotopic (exact) mass is 257 g/mol. The zero-order valence-electron chi connectivity index (χ0n) is 10.1. The van der Waals surface area contributed by atoms with Crippen LogP contribution in [0.4, 0.5) is 0 Å². The Morgan fingerprint density at radius 3 is 2.59 bits per heavy atom. The van der Waals surface area contributed by atoms with E-state index in [4.69, 9.17) is 27.2 Å². The molecule has 1 aromatic rings. The van der Waals surface area contributed by atoms with Gasteiger partial charge in [0.1, 0.15) is 5.75 Å². The molecule has 0 saturated heterocycles. The van der Waals surface area contributed by atoms with Crippen molar-refractivity contribution in [2.45, 2.75) is 19.8 Å². The fraction of sp³-hybridized carbons (Fsp3) is 0.417. The van der Waals surface area contributed by atoms with Crippen molar-refractivity contribution in [1.82, 2.24) is 0 Å². The van der Waals surface area contributed by atoms with Crippen LogP contribution in [0.3, 0.4) is 0 Å². The molecule has 94 valence electrons. The van der Waals surface area contributed by atoms with Crippen molar-refractivity contribution in [3.8, 4) is 5.75 Å². The highest BCUT2D eigenvalue weighted by Crippen LogP contribution is 2.36. The van der Waals surface area contributed by atoms with E-state index in [2.05, 4.69) is 0 Å². The van der Waals surface area contributed by atoms with Crippen LogP contribution in [0.2, 0.25) is 5.02 Å². The topological polar surface area (TPSA) is 72.5 Å². The quantitative estimate of drug-likeness (QED) is 0.866. The molecule has 4 nitrogen and oxygen atoms in total. The van der Waals surface area contributed by atoms with Crippen molar-refractivity contribution < 1.29 is 14.6 Å². The van der Waals surface area contributed by atoms with Crippen molar-refractivity contribution in [2.75, 3.05) is 13.7 Å². The first-order valence-electron chi connectivity index (χ1n) is 5.20. The molecule has 0 aliphatic carbocycles. The molecule has 1 rings (SSSR count). The molecule has 3 N–H and O–H groups in total. The Morgan fingerprint density at radius 2 is 2.18 bits per heavy atom. The predicted octanol–water partition coefficient (Wildman–Crippen LogP) is 2.09. The zero-order chi connectivity index (χ0) is 13.2. The summed E-state index contributed by atoms with van der Waals surface area (Å²) in [6.45, 7) is 3.61. The molecule has 0 amide bonds. The predicted molar refractivity (Wildman–Crippen MR) is 66.9 cm³/mol. The van der Waals surface area contributed by atoms with Gasteiger partial charge >= 0.3 is 5.97 Å². The van der Waals surface area contributed by atoms with Crippen LogP contribution >= 0.6 is 11.6 Å². The Hall–Kier alpha value is -1.26. The Morgan fingerprint density at radius 1 is 1.59 bits per heavy atom. The molecule has 17 heavy (non-hydrogen) atoms. The molecule has 0 saturated carbocycles.